The molecule has 5 N–H and O–H groups in total. The maximum atomic E-state index is 11.1. The number of carbonyl (C=O) groups is 2. The number of rotatable bonds is 4. The minimum absolute atomic E-state index is 0.156. The number of aromatic hydroxyl groups is 2. The molecule has 0 aliphatic carbocycles. The zero-order valence-corrected chi connectivity index (χ0v) is 9.30. The summed E-state index contributed by atoms with van der Waals surface area (Å²) < 4.78 is 0. The normalized spacial score (nSPS) is 11.8. The number of benzene rings is 1. The van der Waals surface area contributed by atoms with E-state index in [-0.39, 0.29) is 23.8 Å². The van der Waals surface area contributed by atoms with Gasteiger partial charge in [-0.05, 0) is 17.7 Å². The van der Waals surface area contributed by atoms with E-state index in [9.17, 15) is 14.7 Å². The van der Waals surface area contributed by atoms with E-state index in [0.717, 1.165) is 0 Å². The molecular weight excluding hydrogens is 224 g/mol. The molecule has 92 valence electrons. The molecule has 0 heterocycles. The first-order valence-electron chi connectivity index (χ1n) is 4.97. The zero-order valence-electron chi connectivity index (χ0n) is 9.30. The Labute approximate surface area is 98.1 Å². The van der Waals surface area contributed by atoms with Crippen LogP contribution in [-0.4, -0.2) is 28.1 Å². The lowest BCUT2D eigenvalue weighted by Crippen LogP contribution is -2.44. The smallest absolute Gasteiger partial charge is 0.240 e. The SMILES string of the molecule is CC(=O)N[C@@H](Cc1ccc(O)c(O)c1)C(N)=O. The van der Waals surface area contributed by atoms with Crippen LogP contribution in [0.15, 0.2) is 18.2 Å². The fourth-order valence-corrected chi connectivity index (χ4v) is 1.40. The molecule has 0 bridgehead atoms. The van der Waals surface area contributed by atoms with Crippen molar-refractivity contribution < 1.29 is 19.8 Å². The van der Waals surface area contributed by atoms with Gasteiger partial charge in [0.15, 0.2) is 11.5 Å². The molecule has 17 heavy (non-hydrogen) atoms. The fourth-order valence-electron chi connectivity index (χ4n) is 1.40. The number of nitrogens with one attached hydrogen (secondary N) is 1. The van der Waals surface area contributed by atoms with Crippen molar-refractivity contribution in [3.05, 3.63) is 23.8 Å². The molecule has 1 aromatic rings. The third-order valence-electron chi connectivity index (χ3n) is 2.20. The summed E-state index contributed by atoms with van der Waals surface area (Å²) in [6.45, 7) is 1.28. The summed E-state index contributed by atoms with van der Waals surface area (Å²) in [4.78, 5) is 21.9. The van der Waals surface area contributed by atoms with E-state index in [1.165, 1.54) is 25.1 Å². The predicted molar refractivity (Wildman–Crippen MR) is 60.3 cm³/mol. The molecular formula is C11H14N2O4. The Morgan fingerprint density at radius 2 is 2.00 bits per heavy atom. The van der Waals surface area contributed by atoms with Gasteiger partial charge in [0.2, 0.25) is 11.8 Å². The summed E-state index contributed by atoms with van der Waals surface area (Å²) in [5.41, 5.74) is 5.72. The van der Waals surface area contributed by atoms with Gasteiger partial charge in [0.05, 0.1) is 0 Å². The second-order valence-electron chi connectivity index (χ2n) is 3.68. The van der Waals surface area contributed by atoms with Gasteiger partial charge in [-0.25, -0.2) is 0 Å². The molecule has 6 heteroatoms. The van der Waals surface area contributed by atoms with Gasteiger partial charge in [0.1, 0.15) is 6.04 Å². The van der Waals surface area contributed by atoms with E-state index >= 15 is 0 Å². The molecule has 0 saturated heterocycles. The number of amides is 2. The highest BCUT2D eigenvalue weighted by molar-refractivity contribution is 5.85. The van der Waals surface area contributed by atoms with Crippen LogP contribution >= 0.6 is 0 Å². The quantitative estimate of drug-likeness (QED) is 0.536. The Morgan fingerprint density at radius 3 is 2.47 bits per heavy atom. The first kappa shape index (κ1) is 12.8. The molecule has 1 rings (SSSR count). The average Bonchev–Trinajstić information content (AvgIpc) is 2.21. The van der Waals surface area contributed by atoms with Crippen LogP contribution in [0.3, 0.4) is 0 Å². The van der Waals surface area contributed by atoms with Gasteiger partial charge in [-0.15, -0.1) is 0 Å². The van der Waals surface area contributed by atoms with Gasteiger partial charge in [0, 0.05) is 13.3 Å². The van der Waals surface area contributed by atoms with Crippen molar-refractivity contribution in [2.45, 2.75) is 19.4 Å². The Balaban J connectivity index is 2.82. The summed E-state index contributed by atoms with van der Waals surface area (Å²) in [7, 11) is 0. The van der Waals surface area contributed by atoms with Gasteiger partial charge >= 0.3 is 0 Å². The van der Waals surface area contributed by atoms with Crippen LogP contribution in [0.2, 0.25) is 0 Å². The molecule has 1 atom stereocenters. The number of carbonyl (C=O) groups excluding carboxylic acids is 2. The number of nitrogens with two attached hydrogens (primary N) is 1. The molecule has 2 amide bonds. The number of hydrogen-bond acceptors (Lipinski definition) is 4. The van der Waals surface area contributed by atoms with Crippen molar-refractivity contribution in [3.8, 4) is 11.5 Å². The number of primary amides is 1. The molecule has 0 spiro atoms. The van der Waals surface area contributed by atoms with Crippen LogP contribution in [0.5, 0.6) is 11.5 Å². The Kier molecular flexibility index (Phi) is 3.92. The number of hydrogen-bond donors (Lipinski definition) is 4. The topological polar surface area (TPSA) is 113 Å². The summed E-state index contributed by atoms with van der Waals surface area (Å²) in [6, 6.07) is 3.31. The van der Waals surface area contributed by atoms with Gasteiger partial charge < -0.3 is 21.3 Å². The maximum absolute atomic E-state index is 11.1. The van der Waals surface area contributed by atoms with Crippen LogP contribution < -0.4 is 11.1 Å². The van der Waals surface area contributed by atoms with E-state index < -0.39 is 11.9 Å². The van der Waals surface area contributed by atoms with Gasteiger partial charge in [0.25, 0.3) is 0 Å². The monoisotopic (exact) mass is 238 g/mol. The Bertz CT molecular complexity index is 445. The number of phenolic OH excluding ortho intramolecular Hbond substituents is 2. The van der Waals surface area contributed by atoms with E-state index in [4.69, 9.17) is 10.8 Å². The molecule has 0 aliphatic heterocycles. The third kappa shape index (κ3) is 3.67. The van der Waals surface area contributed by atoms with E-state index in [2.05, 4.69) is 5.32 Å². The molecule has 0 saturated carbocycles. The Hall–Kier alpha value is -2.24. The first-order valence-corrected chi connectivity index (χ1v) is 4.97. The summed E-state index contributed by atoms with van der Waals surface area (Å²) in [5, 5.41) is 20.8. The lowest BCUT2D eigenvalue weighted by molar-refractivity contribution is -0.126. The summed E-state index contributed by atoms with van der Waals surface area (Å²) in [6.07, 6.45) is 0.156. The minimum atomic E-state index is -0.837. The molecule has 0 unspecified atom stereocenters. The Morgan fingerprint density at radius 1 is 1.35 bits per heavy atom. The standard InChI is InChI=1S/C11H14N2O4/c1-6(14)13-8(11(12)17)4-7-2-3-9(15)10(16)5-7/h2-3,5,8,15-16H,4H2,1H3,(H2,12,17)(H,13,14)/t8-/m0/s1. The fraction of sp³-hybridized carbons (Fsp3) is 0.273. The molecule has 6 nitrogen and oxygen atoms in total. The van der Waals surface area contributed by atoms with Crippen LogP contribution in [0.1, 0.15) is 12.5 Å². The van der Waals surface area contributed by atoms with Crippen LogP contribution in [0.4, 0.5) is 0 Å². The van der Waals surface area contributed by atoms with Crippen molar-refractivity contribution in [1.29, 1.82) is 0 Å². The van der Waals surface area contributed by atoms with Crippen molar-refractivity contribution >= 4 is 11.8 Å². The second-order valence-corrected chi connectivity index (χ2v) is 3.68. The van der Waals surface area contributed by atoms with Crippen molar-refractivity contribution in [2.24, 2.45) is 5.73 Å². The third-order valence-corrected chi connectivity index (χ3v) is 2.20. The highest BCUT2D eigenvalue weighted by atomic mass is 16.3. The maximum Gasteiger partial charge on any atom is 0.240 e. The van der Waals surface area contributed by atoms with Crippen LogP contribution in [0, 0.1) is 0 Å². The van der Waals surface area contributed by atoms with E-state index in [0.29, 0.717) is 5.56 Å². The molecule has 0 aromatic heterocycles. The van der Waals surface area contributed by atoms with Crippen molar-refractivity contribution in [2.75, 3.05) is 0 Å². The zero-order chi connectivity index (χ0) is 13.0. The van der Waals surface area contributed by atoms with Gasteiger partial charge in [-0.2, -0.15) is 0 Å². The van der Waals surface area contributed by atoms with Gasteiger partial charge in [-0.3, -0.25) is 9.59 Å². The van der Waals surface area contributed by atoms with Crippen LogP contribution in [0.25, 0.3) is 0 Å². The minimum Gasteiger partial charge on any atom is -0.504 e. The van der Waals surface area contributed by atoms with Crippen LogP contribution in [-0.2, 0) is 16.0 Å². The summed E-state index contributed by atoms with van der Waals surface area (Å²) >= 11 is 0. The molecule has 0 fully saturated rings. The highest BCUT2D eigenvalue weighted by Gasteiger charge is 2.17. The average molecular weight is 238 g/mol. The molecule has 0 aliphatic rings. The lowest BCUT2D eigenvalue weighted by atomic mass is 10.0. The van der Waals surface area contributed by atoms with E-state index in [1.54, 1.807) is 0 Å². The predicted octanol–water partition coefficient (Wildman–Crippen LogP) is -0.370. The lowest BCUT2D eigenvalue weighted by Gasteiger charge is -2.14. The summed E-state index contributed by atoms with van der Waals surface area (Å²) in [5.74, 6) is -1.55. The first-order chi connectivity index (χ1) is 7.90. The van der Waals surface area contributed by atoms with Crippen molar-refractivity contribution in [3.63, 3.8) is 0 Å². The van der Waals surface area contributed by atoms with E-state index in [1.807, 2.05) is 0 Å². The number of phenols is 2. The molecule has 0 radical (unpaired) electrons. The van der Waals surface area contributed by atoms with Crippen molar-refractivity contribution in [1.82, 2.24) is 5.32 Å². The largest absolute Gasteiger partial charge is 0.504 e. The molecule has 1 aromatic carbocycles. The second kappa shape index (κ2) is 5.20. The van der Waals surface area contributed by atoms with Gasteiger partial charge in [-0.1, -0.05) is 6.07 Å². The highest BCUT2D eigenvalue weighted by Crippen LogP contribution is 2.25.